The van der Waals surface area contributed by atoms with Crippen LogP contribution in [-0.2, 0) is 19.6 Å². The molecule has 0 aliphatic heterocycles. The van der Waals surface area contributed by atoms with E-state index in [1.54, 1.807) is 0 Å². The fraction of sp³-hybridized carbons (Fsp3) is 0.143. The Bertz CT molecular complexity index is 575. The second-order valence-corrected chi connectivity index (χ2v) is 5.50. The first-order valence-corrected chi connectivity index (χ1v) is 7.66. The van der Waals surface area contributed by atoms with Gasteiger partial charge in [-0.2, -0.15) is 30.3 Å². The Hall–Kier alpha value is -1.13. The van der Waals surface area contributed by atoms with Gasteiger partial charge in [0.2, 0.25) is 0 Å². The molecule has 0 aliphatic carbocycles. The van der Waals surface area contributed by atoms with Crippen molar-refractivity contribution >= 4 is 23.1 Å². The van der Waals surface area contributed by atoms with Gasteiger partial charge in [-0.25, -0.2) is 0 Å². The number of rotatable bonds is 6. The Morgan fingerprint density at radius 2 is 1.12 bits per heavy atom. The van der Waals surface area contributed by atoms with Gasteiger partial charge in [0.25, 0.3) is 0 Å². The summed E-state index contributed by atoms with van der Waals surface area (Å²) in [4.78, 5) is 2.45. The van der Waals surface area contributed by atoms with Crippen molar-refractivity contribution in [2.45, 2.75) is 19.6 Å². The Labute approximate surface area is 171 Å². The summed E-state index contributed by atoms with van der Waals surface area (Å²) in [5, 5.41) is 0. The molecule has 0 heterocycles. The van der Waals surface area contributed by atoms with E-state index in [9.17, 15) is 0 Å². The SMILES string of the molecule is [Br-].[Mg+2].[c-]1ccccc1CN(Cc1ccccc1)Cc1ccccc1. The maximum Gasteiger partial charge on any atom is 2.00 e. The van der Waals surface area contributed by atoms with Crippen molar-refractivity contribution in [1.29, 1.82) is 0 Å². The van der Waals surface area contributed by atoms with Crippen LogP contribution in [0.2, 0.25) is 0 Å². The van der Waals surface area contributed by atoms with Crippen LogP contribution in [0.25, 0.3) is 0 Å². The molecule has 3 rings (SSSR count). The van der Waals surface area contributed by atoms with Crippen molar-refractivity contribution in [3.05, 3.63) is 108 Å². The van der Waals surface area contributed by atoms with Crippen molar-refractivity contribution < 1.29 is 17.0 Å². The van der Waals surface area contributed by atoms with Crippen LogP contribution in [0.3, 0.4) is 0 Å². The Morgan fingerprint density at radius 1 is 0.625 bits per heavy atom. The summed E-state index contributed by atoms with van der Waals surface area (Å²) in [6, 6.07) is 32.8. The van der Waals surface area contributed by atoms with Gasteiger partial charge in [0.1, 0.15) is 0 Å². The molecule has 0 spiro atoms. The van der Waals surface area contributed by atoms with Gasteiger partial charge in [0, 0.05) is 19.6 Å². The number of hydrogen-bond acceptors (Lipinski definition) is 1. The smallest absolute Gasteiger partial charge is 1.00 e. The minimum Gasteiger partial charge on any atom is -1.00 e. The van der Waals surface area contributed by atoms with Gasteiger partial charge in [0.05, 0.1) is 0 Å². The van der Waals surface area contributed by atoms with Gasteiger partial charge in [-0.3, -0.25) is 4.90 Å². The summed E-state index contributed by atoms with van der Waals surface area (Å²) in [6.45, 7) is 2.79. The summed E-state index contributed by atoms with van der Waals surface area (Å²) in [5.74, 6) is 0. The molecular weight excluding hydrogens is 370 g/mol. The van der Waals surface area contributed by atoms with Crippen LogP contribution < -0.4 is 17.0 Å². The molecule has 0 bridgehead atoms. The second kappa shape index (κ2) is 11.4. The van der Waals surface area contributed by atoms with Gasteiger partial charge >= 0.3 is 23.1 Å². The number of benzene rings is 3. The molecule has 24 heavy (non-hydrogen) atoms. The Balaban J connectivity index is 0.00000144. The molecule has 0 N–H and O–H groups in total. The number of nitrogens with zero attached hydrogens (tertiary/aromatic N) is 1. The number of halogens is 1. The van der Waals surface area contributed by atoms with Crippen molar-refractivity contribution in [2.24, 2.45) is 0 Å². The molecule has 0 amide bonds. The van der Waals surface area contributed by atoms with E-state index in [0.29, 0.717) is 0 Å². The van der Waals surface area contributed by atoms with Crippen LogP contribution in [0.15, 0.2) is 84.9 Å². The van der Waals surface area contributed by atoms with E-state index in [0.717, 1.165) is 19.6 Å². The topological polar surface area (TPSA) is 3.24 Å². The molecule has 3 aromatic carbocycles. The minimum atomic E-state index is 0. The molecule has 0 saturated carbocycles. The van der Waals surface area contributed by atoms with Crippen LogP contribution in [0, 0.1) is 6.07 Å². The molecule has 1 nitrogen and oxygen atoms in total. The molecule has 3 aromatic rings. The Kier molecular flexibility index (Phi) is 9.95. The molecule has 0 unspecified atom stereocenters. The summed E-state index contributed by atoms with van der Waals surface area (Å²) in [5.41, 5.74) is 3.91. The van der Waals surface area contributed by atoms with Gasteiger partial charge < -0.3 is 17.0 Å². The zero-order valence-corrected chi connectivity index (χ0v) is 16.7. The van der Waals surface area contributed by atoms with E-state index >= 15 is 0 Å². The van der Waals surface area contributed by atoms with Crippen molar-refractivity contribution in [2.75, 3.05) is 0 Å². The molecule has 0 aliphatic rings. The fourth-order valence-corrected chi connectivity index (χ4v) is 2.62. The predicted molar refractivity (Wildman–Crippen MR) is 96.9 cm³/mol. The van der Waals surface area contributed by atoms with Crippen LogP contribution in [0.1, 0.15) is 16.7 Å². The van der Waals surface area contributed by atoms with Gasteiger partial charge in [0.15, 0.2) is 0 Å². The van der Waals surface area contributed by atoms with E-state index in [2.05, 4.69) is 83.8 Å². The molecule has 0 saturated heterocycles. The molecule has 0 radical (unpaired) electrons. The fourth-order valence-electron chi connectivity index (χ4n) is 2.62. The van der Waals surface area contributed by atoms with Gasteiger partial charge in [-0.05, 0) is 11.1 Å². The van der Waals surface area contributed by atoms with Gasteiger partial charge in [-0.15, -0.1) is 5.56 Å². The standard InChI is InChI=1S/C21H20N.BrH.Mg/c1-4-10-19(11-5-1)16-22(17-20-12-6-2-7-13-20)18-21-14-8-3-9-15-21;;/h1-14H,16-18H2;1H;/q-1;;+2/p-1. The molecule has 118 valence electrons. The van der Waals surface area contributed by atoms with E-state index < -0.39 is 0 Å². The third-order valence-electron chi connectivity index (χ3n) is 3.67. The normalized spacial score (nSPS) is 9.88. The van der Waals surface area contributed by atoms with E-state index in [-0.39, 0.29) is 40.0 Å². The largest absolute Gasteiger partial charge is 2.00 e. The van der Waals surface area contributed by atoms with E-state index in [1.807, 2.05) is 12.1 Å². The zero-order chi connectivity index (χ0) is 15.0. The van der Waals surface area contributed by atoms with E-state index in [1.165, 1.54) is 16.7 Å². The van der Waals surface area contributed by atoms with Crippen LogP contribution in [0.5, 0.6) is 0 Å². The first-order chi connectivity index (χ1) is 10.9. The first kappa shape index (κ1) is 20.9. The Morgan fingerprint density at radius 3 is 1.58 bits per heavy atom. The second-order valence-electron chi connectivity index (χ2n) is 5.50. The third kappa shape index (κ3) is 6.77. The monoisotopic (exact) mass is 389 g/mol. The third-order valence-corrected chi connectivity index (χ3v) is 3.67. The average Bonchev–Trinajstić information content (AvgIpc) is 2.57. The molecule has 0 fully saturated rings. The maximum absolute atomic E-state index is 3.33. The van der Waals surface area contributed by atoms with Gasteiger partial charge in [-0.1, -0.05) is 60.7 Å². The van der Waals surface area contributed by atoms with Crippen LogP contribution >= 0.6 is 0 Å². The first-order valence-electron chi connectivity index (χ1n) is 7.66. The molecule has 3 heteroatoms. The zero-order valence-electron chi connectivity index (χ0n) is 13.7. The molecular formula is C21H20BrMgN. The van der Waals surface area contributed by atoms with Crippen LogP contribution in [-0.4, -0.2) is 28.0 Å². The molecule has 0 aromatic heterocycles. The van der Waals surface area contributed by atoms with Crippen molar-refractivity contribution in [3.8, 4) is 0 Å². The molecule has 0 atom stereocenters. The summed E-state index contributed by atoms with van der Waals surface area (Å²) in [7, 11) is 0. The van der Waals surface area contributed by atoms with Crippen LogP contribution in [0.4, 0.5) is 0 Å². The van der Waals surface area contributed by atoms with Crippen molar-refractivity contribution in [3.63, 3.8) is 0 Å². The quantitative estimate of drug-likeness (QED) is 0.453. The average molecular weight is 391 g/mol. The maximum atomic E-state index is 3.33. The van der Waals surface area contributed by atoms with Crippen molar-refractivity contribution in [1.82, 2.24) is 4.90 Å². The summed E-state index contributed by atoms with van der Waals surface area (Å²) < 4.78 is 0. The number of hydrogen-bond donors (Lipinski definition) is 0. The minimum absolute atomic E-state index is 0. The van der Waals surface area contributed by atoms with E-state index in [4.69, 9.17) is 0 Å². The summed E-state index contributed by atoms with van der Waals surface area (Å²) in [6.07, 6.45) is 0. The summed E-state index contributed by atoms with van der Waals surface area (Å²) >= 11 is 0. The predicted octanol–water partition coefficient (Wildman–Crippen LogP) is 1.31.